The molecular weight excluding hydrogens is 347 g/mol. The topological polar surface area (TPSA) is 49.4 Å². The second kappa shape index (κ2) is 7.24. The number of para-hydroxylation sites is 2. The summed E-state index contributed by atoms with van der Waals surface area (Å²) in [6, 6.07) is 12.5. The quantitative estimate of drug-likeness (QED) is 0.881. The van der Waals surface area contributed by atoms with Crippen molar-refractivity contribution in [3.63, 3.8) is 0 Å². The lowest BCUT2D eigenvalue weighted by Crippen LogP contribution is -2.25. The third-order valence-corrected chi connectivity index (χ3v) is 4.63. The number of nitrogens with zero attached hydrogens (tertiary/aromatic N) is 1. The van der Waals surface area contributed by atoms with Crippen LogP contribution in [0.5, 0.6) is 0 Å². The van der Waals surface area contributed by atoms with Crippen molar-refractivity contribution >= 4 is 46.4 Å². The highest BCUT2D eigenvalue weighted by atomic mass is 35.5. The van der Waals surface area contributed by atoms with Crippen LogP contribution in [-0.4, -0.2) is 18.4 Å². The van der Waals surface area contributed by atoms with Crippen LogP contribution in [0.1, 0.15) is 18.4 Å². The van der Waals surface area contributed by atoms with Gasteiger partial charge in [0, 0.05) is 13.0 Å². The van der Waals surface area contributed by atoms with Gasteiger partial charge in [0.25, 0.3) is 0 Å². The largest absolute Gasteiger partial charge is 0.324 e. The summed E-state index contributed by atoms with van der Waals surface area (Å²) in [6.07, 6.45) is 1.56. The first-order valence-electron chi connectivity index (χ1n) is 7.68. The van der Waals surface area contributed by atoms with E-state index in [1.165, 1.54) is 0 Å². The molecule has 1 fully saturated rings. The monoisotopic (exact) mass is 362 g/mol. The van der Waals surface area contributed by atoms with Crippen molar-refractivity contribution in [3.8, 4) is 0 Å². The maximum Gasteiger partial charge on any atom is 0.228 e. The number of benzene rings is 2. The summed E-state index contributed by atoms with van der Waals surface area (Å²) in [5.74, 6) is -0.0892. The third kappa shape index (κ3) is 3.71. The summed E-state index contributed by atoms with van der Waals surface area (Å²) in [5.41, 5.74) is 2.15. The van der Waals surface area contributed by atoms with E-state index in [9.17, 15) is 9.59 Å². The van der Waals surface area contributed by atoms with Gasteiger partial charge in [-0.15, -0.1) is 0 Å². The van der Waals surface area contributed by atoms with Crippen molar-refractivity contribution in [1.82, 2.24) is 0 Å². The molecule has 0 bridgehead atoms. The summed E-state index contributed by atoms with van der Waals surface area (Å²) < 4.78 is 0. The van der Waals surface area contributed by atoms with Crippen LogP contribution < -0.4 is 10.2 Å². The van der Waals surface area contributed by atoms with E-state index in [1.807, 2.05) is 18.2 Å². The summed E-state index contributed by atoms with van der Waals surface area (Å²) in [4.78, 5) is 26.0. The molecule has 24 heavy (non-hydrogen) atoms. The van der Waals surface area contributed by atoms with Crippen molar-refractivity contribution in [2.24, 2.45) is 0 Å². The van der Waals surface area contributed by atoms with E-state index in [1.54, 1.807) is 29.2 Å². The number of halogens is 2. The zero-order chi connectivity index (χ0) is 17.1. The average molecular weight is 363 g/mol. The molecular formula is C18H16Cl2N2O2. The maximum atomic E-state index is 12.3. The minimum absolute atomic E-state index is 0.0844. The van der Waals surface area contributed by atoms with Crippen molar-refractivity contribution in [2.75, 3.05) is 16.8 Å². The summed E-state index contributed by atoms with van der Waals surface area (Å²) >= 11 is 11.9. The van der Waals surface area contributed by atoms with E-state index in [-0.39, 0.29) is 18.2 Å². The van der Waals surface area contributed by atoms with E-state index < -0.39 is 0 Å². The van der Waals surface area contributed by atoms with E-state index in [0.29, 0.717) is 28.7 Å². The van der Waals surface area contributed by atoms with Gasteiger partial charge in [-0.05, 0) is 36.2 Å². The SMILES string of the molecule is O=C(Cc1ccc(Cl)c(Cl)c1)Nc1ccccc1N1CCCC1=O. The number of rotatable bonds is 4. The highest BCUT2D eigenvalue weighted by molar-refractivity contribution is 6.42. The molecule has 2 amide bonds. The molecule has 0 radical (unpaired) electrons. The fourth-order valence-corrected chi connectivity index (χ4v) is 3.07. The number of hydrogen-bond acceptors (Lipinski definition) is 2. The number of anilines is 2. The molecule has 3 rings (SSSR count). The van der Waals surface area contributed by atoms with Crippen LogP contribution in [0.25, 0.3) is 0 Å². The number of carbonyl (C=O) groups excluding carboxylic acids is 2. The number of amides is 2. The fourth-order valence-electron chi connectivity index (χ4n) is 2.75. The molecule has 1 N–H and O–H groups in total. The van der Waals surface area contributed by atoms with Gasteiger partial charge in [-0.25, -0.2) is 0 Å². The van der Waals surface area contributed by atoms with Gasteiger partial charge in [0.2, 0.25) is 11.8 Å². The zero-order valence-electron chi connectivity index (χ0n) is 12.9. The van der Waals surface area contributed by atoms with Crippen LogP contribution in [0.15, 0.2) is 42.5 Å². The molecule has 0 aliphatic carbocycles. The normalized spacial score (nSPS) is 14.1. The van der Waals surface area contributed by atoms with Crippen molar-refractivity contribution in [2.45, 2.75) is 19.3 Å². The third-order valence-electron chi connectivity index (χ3n) is 3.89. The minimum atomic E-state index is -0.174. The van der Waals surface area contributed by atoms with Crippen LogP contribution in [0.3, 0.4) is 0 Å². The van der Waals surface area contributed by atoms with Crippen LogP contribution in [0, 0.1) is 0 Å². The molecule has 6 heteroatoms. The Morgan fingerprint density at radius 1 is 1.12 bits per heavy atom. The maximum absolute atomic E-state index is 12.3. The van der Waals surface area contributed by atoms with Crippen LogP contribution in [0.4, 0.5) is 11.4 Å². The Balaban J connectivity index is 1.75. The lowest BCUT2D eigenvalue weighted by molar-refractivity contribution is -0.117. The molecule has 1 heterocycles. The Hall–Kier alpha value is -2.04. The van der Waals surface area contributed by atoms with Gasteiger partial charge >= 0.3 is 0 Å². The smallest absolute Gasteiger partial charge is 0.228 e. The van der Waals surface area contributed by atoms with Crippen LogP contribution in [-0.2, 0) is 16.0 Å². The first-order chi connectivity index (χ1) is 11.5. The van der Waals surface area contributed by atoms with Gasteiger partial charge in [-0.1, -0.05) is 41.4 Å². The molecule has 1 aliphatic rings. The standard InChI is InChI=1S/C18H16Cl2N2O2/c19-13-8-7-12(10-14(13)20)11-17(23)21-15-4-1-2-5-16(15)22-9-3-6-18(22)24/h1-2,4-5,7-8,10H,3,6,9,11H2,(H,21,23). The fraction of sp³-hybridized carbons (Fsp3) is 0.222. The molecule has 2 aromatic rings. The first-order valence-corrected chi connectivity index (χ1v) is 8.43. The lowest BCUT2D eigenvalue weighted by Gasteiger charge is -2.20. The summed E-state index contributed by atoms with van der Waals surface area (Å²) in [5, 5.41) is 3.76. The Labute approximate surface area is 150 Å². The van der Waals surface area contributed by atoms with Crippen molar-refractivity contribution < 1.29 is 9.59 Å². The van der Waals surface area contributed by atoms with Crippen LogP contribution >= 0.6 is 23.2 Å². The minimum Gasteiger partial charge on any atom is -0.324 e. The Bertz CT molecular complexity index is 792. The van der Waals surface area contributed by atoms with E-state index >= 15 is 0 Å². The van der Waals surface area contributed by atoms with E-state index in [4.69, 9.17) is 23.2 Å². The van der Waals surface area contributed by atoms with Gasteiger partial charge in [0.05, 0.1) is 27.8 Å². The zero-order valence-corrected chi connectivity index (χ0v) is 14.4. The Morgan fingerprint density at radius 2 is 1.92 bits per heavy atom. The average Bonchev–Trinajstić information content (AvgIpc) is 2.97. The molecule has 0 atom stereocenters. The molecule has 0 unspecified atom stereocenters. The highest BCUT2D eigenvalue weighted by Gasteiger charge is 2.24. The van der Waals surface area contributed by atoms with Gasteiger partial charge in [0.15, 0.2) is 0 Å². The van der Waals surface area contributed by atoms with Crippen molar-refractivity contribution in [3.05, 3.63) is 58.1 Å². The van der Waals surface area contributed by atoms with Gasteiger partial charge in [0.1, 0.15) is 0 Å². The molecule has 0 spiro atoms. The van der Waals surface area contributed by atoms with E-state index in [0.717, 1.165) is 17.7 Å². The molecule has 124 valence electrons. The molecule has 0 saturated carbocycles. The second-order valence-corrected chi connectivity index (χ2v) is 6.45. The highest BCUT2D eigenvalue weighted by Crippen LogP contribution is 2.29. The lowest BCUT2D eigenvalue weighted by atomic mass is 10.1. The number of hydrogen-bond donors (Lipinski definition) is 1. The first kappa shape index (κ1) is 16.8. The second-order valence-electron chi connectivity index (χ2n) is 5.64. The van der Waals surface area contributed by atoms with E-state index in [2.05, 4.69) is 5.32 Å². The van der Waals surface area contributed by atoms with Crippen LogP contribution in [0.2, 0.25) is 10.0 Å². The number of nitrogens with one attached hydrogen (secondary N) is 1. The summed E-state index contributed by atoms with van der Waals surface area (Å²) in [7, 11) is 0. The van der Waals surface area contributed by atoms with Gasteiger partial charge in [-0.2, -0.15) is 0 Å². The number of carbonyl (C=O) groups is 2. The molecule has 1 aliphatic heterocycles. The van der Waals surface area contributed by atoms with Crippen molar-refractivity contribution in [1.29, 1.82) is 0 Å². The van der Waals surface area contributed by atoms with Gasteiger partial charge < -0.3 is 10.2 Å². The molecule has 2 aromatic carbocycles. The molecule has 1 saturated heterocycles. The summed E-state index contributed by atoms with van der Waals surface area (Å²) in [6.45, 7) is 0.679. The molecule has 4 nitrogen and oxygen atoms in total. The van der Waals surface area contributed by atoms with Gasteiger partial charge in [-0.3, -0.25) is 9.59 Å². The Morgan fingerprint density at radius 3 is 2.62 bits per heavy atom. The predicted molar refractivity (Wildman–Crippen MR) is 96.8 cm³/mol. The molecule has 0 aromatic heterocycles. The Kier molecular flexibility index (Phi) is 5.07. The predicted octanol–water partition coefficient (Wildman–Crippen LogP) is 4.30.